The van der Waals surface area contributed by atoms with Crippen LogP contribution in [-0.2, 0) is 19.4 Å². The lowest BCUT2D eigenvalue weighted by molar-refractivity contribution is 0.0710. The number of rotatable bonds is 5. The molecule has 0 radical (unpaired) electrons. The Morgan fingerprint density at radius 1 is 1.57 bits per heavy atom. The zero-order chi connectivity index (χ0) is 16.4. The lowest BCUT2D eigenvalue weighted by Gasteiger charge is -2.17. The van der Waals surface area contributed by atoms with Gasteiger partial charge in [-0.15, -0.1) is 11.3 Å². The van der Waals surface area contributed by atoms with E-state index in [9.17, 15) is 4.79 Å². The van der Waals surface area contributed by atoms with Crippen LogP contribution in [0.15, 0.2) is 10.6 Å². The molecule has 0 bridgehead atoms. The maximum Gasteiger partial charge on any atom is 0.292 e. The number of carbonyl (C=O) groups excluding carboxylic acids is 1. The standard InChI is InChI=1S/C16H21N3O3S/c1-4-19(16(20)12-8-14(21-3)18-22-12)9-15-17-11-6-5-10(2)7-13(11)23-15/h8,10H,4-7,9H2,1-3H3. The first-order valence-electron chi connectivity index (χ1n) is 7.88. The molecule has 0 fully saturated rings. The summed E-state index contributed by atoms with van der Waals surface area (Å²) in [4.78, 5) is 20.3. The van der Waals surface area contributed by atoms with E-state index in [-0.39, 0.29) is 11.7 Å². The van der Waals surface area contributed by atoms with Crippen LogP contribution < -0.4 is 4.74 Å². The van der Waals surface area contributed by atoms with Gasteiger partial charge in [-0.25, -0.2) is 4.98 Å². The Hall–Kier alpha value is -1.89. The largest absolute Gasteiger partial charge is 0.479 e. The monoisotopic (exact) mass is 335 g/mol. The number of aryl methyl sites for hydroxylation is 1. The molecule has 0 aliphatic heterocycles. The maximum atomic E-state index is 12.5. The van der Waals surface area contributed by atoms with Crippen molar-refractivity contribution in [1.29, 1.82) is 0 Å². The summed E-state index contributed by atoms with van der Waals surface area (Å²) in [5.41, 5.74) is 1.22. The van der Waals surface area contributed by atoms with Crippen molar-refractivity contribution in [2.75, 3.05) is 13.7 Å². The summed E-state index contributed by atoms with van der Waals surface area (Å²) in [7, 11) is 1.49. The molecule has 0 aromatic carbocycles. The second-order valence-corrected chi connectivity index (χ2v) is 7.05. The van der Waals surface area contributed by atoms with Crippen LogP contribution in [0.4, 0.5) is 0 Å². The maximum absolute atomic E-state index is 12.5. The summed E-state index contributed by atoms with van der Waals surface area (Å²) in [5.74, 6) is 1.04. The Morgan fingerprint density at radius 3 is 3.09 bits per heavy atom. The molecule has 1 unspecified atom stereocenters. The van der Waals surface area contributed by atoms with Crippen molar-refractivity contribution in [3.63, 3.8) is 0 Å². The molecule has 2 aromatic heterocycles. The van der Waals surface area contributed by atoms with Crippen molar-refractivity contribution in [3.05, 3.63) is 27.4 Å². The fourth-order valence-corrected chi connectivity index (χ4v) is 4.06. The van der Waals surface area contributed by atoms with Gasteiger partial charge in [0.1, 0.15) is 5.01 Å². The van der Waals surface area contributed by atoms with Gasteiger partial charge in [0.25, 0.3) is 11.8 Å². The number of aromatic nitrogens is 2. The second kappa shape index (κ2) is 6.70. The minimum Gasteiger partial charge on any atom is -0.479 e. The predicted octanol–water partition coefficient (Wildman–Crippen LogP) is 2.93. The third kappa shape index (κ3) is 3.39. The van der Waals surface area contributed by atoms with Gasteiger partial charge in [0.05, 0.1) is 25.4 Å². The first kappa shape index (κ1) is 16.0. The van der Waals surface area contributed by atoms with Gasteiger partial charge in [-0.05, 0) is 37.3 Å². The molecule has 23 heavy (non-hydrogen) atoms. The van der Waals surface area contributed by atoms with Crippen LogP contribution in [-0.4, -0.2) is 34.6 Å². The molecule has 3 rings (SSSR count). The molecule has 0 saturated carbocycles. The Balaban J connectivity index is 1.73. The minimum absolute atomic E-state index is 0.190. The molecule has 7 heteroatoms. The van der Waals surface area contributed by atoms with Gasteiger partial charge in [-0.2, -0.15) is 0 Å². The van der Waals surface area contributed by atoms with Crippen LogP contribution in [0.5, 0.6) is 5.88 Å². The smallest absolute Gasteiger partial charge is 0.292 e. The zero-order valence-electron chi connectivity index (χ0n) is 13.7. The number of thiazole rings is 1. The molecule has 6 nitrogen and oxygen atoms in total. The van der Waals surface area contributed by atoms with Gasteiger partial charge in [-0.1, -0.05) is 6.92 Å². The van der Waals surface area contributed by atoms with Crippen molar-refractivity contribution in [2.24, 2.45) is 5.92 Å². The Kier molecular flexibility index (Phi) is 4.66. The summed E-state index contributed by atoms with van der Waals surface area (Å²) in [5, 5.41) is 4.67. The lowest BCUT2D eigenvalue weighted by atomic mass is 9.93. The fourth-order valence-electron chi connectivity index (χ4n) is 2.76. The van der Waals surface area contributed by atoms with Gasteiger partial charge in [-0.3, -0.25) is 4.79 Å². The second-order valence-electron chi connectivity index (χ2n) is 5.88. The molecule has 2 heterocycles. The molecular formula is C16H21N3O3S. The third-order valence-corrected chi connectivity index (χ3v) is 5.24. The topological polar surface area (TPSA) is 68.5 Å². The van der Waals surface area contributed by atoms with E-state index in [0.717, 1.165) is 23.8 Å². The average molecular weight is 335 g/mol. The van der Waals surface area contributed by atoms with Crippen molar-refractivity contribution in [3.8, 4) is 5.88 Å². The average Bonchev–Trinajstić information content (AvgIpc) is 3.17. The number of methoxy groups -OCH3 is 1. The minimum atomic E-state index is -0.190. The van der Waals surface area contributed by atoms with Crippen molar-refractivity contribution < 1.29 is 14.1 Å². The molecule has 0 spiro atoms. The molecule has 1 amide bonds. The number of amides is 1. The van der Waals surface area contributed by atoms with Crippen LogP contribution in [0, 0.1) is 5.92 Å². The molecular weight excluding hydrogens is 314 g/mol. The Bertz CT molecular complexity index is 695. The highest BCUT2D eigenvalue weighted by Crippen LogP contribution is 2.30. The van der Waals surface area contributed by atoms with Gasteiger partial charge >= 0.3 is 0 Å². The quantitative estimate of drug-likeness (QED) is 0.840. The highest BCUT2D eigenvalue weighted by atomic mass is 32.1. The van der Waals surface area contributed by atoms with Crippen molar-refractivity contribution in [1.82, 2.24) is 15.0 Å². The van der Waals surface area contributed by atoms with E-state index in [4.69, 9.17) is 14.2 Å². The van der Waals surface area contributed by atoms with E-state index in [1.165, 1.54) is 30.2 Å². The van der Waals surface area contributed by atoms with Crippen LogP contribution in [0.2, 0.25) is 0 Å². The molecule has 0 N–H and O–H groups in total. The van der Waals surface area contributed by atoms with E-state index in [1.807, 2.05) is 6.92 Å². The summed E-state index contributed by atoms with van der Waals surface area (Å²) in [6, 6.07) is 1.51. The summed E-state index contributed by atoms with van der Waals surface area (Å²) in [6.45, 7) is 5.31. The van der Waals surface area contributed by atoms with E-state index in [2.05, 4.69) is 12.1 Å². The highest BCUT2D eigenvalue weighted by Gasteiger charge is 2.24. The number of hydrogen-bond acceptors (Lipinski definition) is 6. The van der Waals surface area contributed by atoms with Gasteiger partial charge in [0, 0.05) is 11.4 Å². The predicted molar refractivity (Wildman–Crippen MR) is 86.8 cm³/mol. The van der Waals surface area contributed by atoms with Crippen LogP contribution >= 0.6 is 11.3 Å². The summed E-state index contributed by atoms with van der Waals surface area (Å²) < 4.78 is 10.0. The van der Waals surface area contributed by atoms with Gasteiger partial charge < -0.3 is 14.2 Å². The summed E-state index contributed by atoms with van der Waals surface area (Å²) >= 11 is 1.73. The molecule has 0 saturated heterocycles. The molecule has 1 aliphatic rings. The number of carbonyl (C=O) groups is 1. The highest BCUT2D eigenvalue weighted by molar-refractivity contribution is 7.11. The normalized spacial score (nSPS) is 16.9. The molecule has 1 aliphatic carbocycles. The number of ether oxygens (including phenoxy) is 1. The van der Waals surface area contributed by atoms with E-state index < -0.39 is 0 Å². The zero-order valence-corrected chi connectivity index (χ0v) is 14.5. The van der Waals surface area contributed by atoms with Gasteiger partial charge in [0.2, 0.25) is 5.76 Å². The van der Waals surface area contributed by atoms with Crippen LogP contribution in [0.25, 0.3) is 0 Å². The van der Waals surface area contributed by atoms with Gasteiger partial charge in [0.15, 0.2) is 0 Å². The lowest BCUT2D eigenvalue weighted by Crippen LogP contribution is -2.30. The van der Waals surface area contributed by atoms with E-state index in [1.54, 1.807) is 16.2 Å². The van der Waals surface area contributed by atoms with Crippen LogP contribution in [0.1, 0.15) is 46.4 Å². The van der Waals surface area contributed by atoms with Crippen LogP contribution in [0.3, 0.4) is 0 Å². The number of fused-ring (bicyclic) bond motifs is 1. The van der Waals surface area contributed by atoms with Crippen molar-refractivity contribution >= 4 is 17.2 Å². The Labute approximate surface area is 139 Å². The number of hydrogen-bond donors (Lipinski definition) is 0. The van der Waals surface area contributed by atoms with Crippen molar-refractivity contribution in [2.45, 2.75) is 39.7 Å². The molecule has 2 aromatic rings. The first-order valence-corrected chi connectivity index (χ1v) is 8.69. The molecule has 124 valence electrons. The first-order chi connectivity index (χ1) is 11.1. The van der Waals surface area contributed by atoms with E-state index in [0.29, 0.717) is 19.0 Å². The SMILES string of the molecule is CCN(Cc1nc2c(s1)CC(C)CC2)C(=O)c1cc(OC)no1. The molecule has 1 atom stereocenters. The van der Waals surface area contributed by atoms with E-state index >= 15 is 0 Å². The summed E-state index contributed by atoms with van der Waals surface area (Å²) in [6.07, 6.45) is 3.35. The third-order valence-electron chi connectivity index (χ3n) is 4.13. The fraction of sp³-hybridized carbons (Fsp3) is 0.562. The number of nitrogens with zero attached hydrogens (tertiary/aromatic N) is 3. The Morgan fingerprint density at radius 2 is 2.39 bits per heavy atom.